The third-order valence-electron chi connectivity index (χ3n) is 2.85. The summed E-state index contributed by atoms with van der Waals surface area (Å²) in [5.41, 5.74) is 2.28. The van der Waals surface area contributed by atoms with Gasteiger partial charge in [0.05, 0.1) is 16.1 Å². The molecule has 0 fully saturated rings. The number of halogens is 1. The van der Waals surface area contributed by atoms with E-state index in [1.54, 1.807) is 18.2 Å². The van der Waals surface area contributed by atoms with E-state index in [0.29, 0.717) is 16.5 Å². The van der Waals surface area contributed by atoms with Gasteiger partial charge in [0.15, 0.2) is 0 Å². The Balaban J connectivity index is 2.28. The molecule has 0 spiro atoms. The van der Waals surface area contributed by atoms with Crippen LogP contribution in [0.2, 0.25) is 0 Å². The molecule has 1 aromatic heterocycles. The van der Waals surface area contributed by atoms with Gasteiger partial charge in [-0.25, -0.2) is 8.42 Å². The fourth-order valence-electron chi connectivity index (χ4n) is 1.77. The molecule has 0 unspecified atom stereocenters. The summed E-state index contributed by atoms with van der Waals surface area (Å²) in [5, 5.41) is 0. The van der Waals surface area contributed by atoms with Crippen LogP contribution in [0, 0.1) is 13.8 Å². The maximum Gasteiger partial charge on any atom is 0.271 e. The van der Waals surface area contributed by atoms with Crippen molar-refractivity contribution in [1.29, 1.82) is 0 Å². The highest BCUT2D eigenvalue weighted by Crippen LogP contribution is 2.32. The molecular formula is C14H16BrNO3S2. The minimum atomic E-state index is -3.56. The average Bonchev–Trinajstić information content (AvgIpc) is 2.74. The molecule has 0 saturated heterocycles. The molecule has 0 amide bonds. The van der Waals surface area contributed by atoms with E-state index < -0.39 is 10.0 Å². The normalized spacial score (nSPS) is 11.4. The smallest absolute Gasteiger partial charge is 0.271 e. The predicted octanol–water partition coefficient (Wildman–Crippen LogP) is 4.33. The summed E-state index contributed by atoms with van der Waals surface area (Å²) in [4.78, 5) is 0. The second-order valence-corrected chi connectivity index (χ2v) is 8.82. The van der Waals surface area contributed by atoms with Crippen molar-refractivity contribution in [2.75, 3.05) is 11.3 Å². The Morgan fingerprint density at radius 3 is 2.48 bits per heavy atom. The van der Waals surface area contributed by atoms with E-state index in [2.05, 4.69) is 20.7 Å². The SMILES string of the molecule is CCOc1ccc(NS(=O)(=O)c2cc(C)c(Br)s2)c(C)c1. The van der Waals surface area contributed by atoms with Crippen molar-refractivity contribution < 1.29 is 13.2 Å². The summed E-state index contributed by atoms with van der Waals surface area (Å²) < 4.78 is 33.9. The Hall–Kier alpha value is -1.05. The molecule has 7 heteroatoms. The van der Waals surface area contributed by atoms with Crippen LogP contribution in [0.3, 0.4) is 0 Å². The minimum Gasteiger partial charge on any atom is -0.494 e. The topological polar surface area (TPSA) is 55.4 Å². The Morgan fingerprint density at radius 2 is 1.95 bits per heavy atom. The van der Waals surface area contributed by atoms with Crippen LogP contribution in [0.5, 0.6) is 5.75 Å². The van der Waals surface area contributed by atoms with Crippen LogP contribution in [-0.2, 0) is 10.0 Å². The van der Waals surface area contributed by atoms with E-state index in [1.807, 2.05) is 26.8 Å². The molecule has 0 aliphatic rings. The zero-order valence-electron chi connectivity index (χ0n) is 11.9. The highest BCUT2D eigenvalue weighted by atomic mass is 79.9. The lowest BCUT2D eigenvalue weighted by Gasteiger charge is -2.11. The summed E-state index contributed by atoms with van der Waals surface area (Å²) in [6.45, 7) is 6.19. The first-order valence-corrected chi connectivity index (χ1v) is 9.45. The number of benzene rings is 1. The molecule has 0 aliphatic carbocycles. The van der Waals surface area contributed by atoms with Crippen LogP contribution in [0.1, 0.15) is 18.1 Å². The van der Waals surface area contributed by atoms with E-state index in [9.17, 15) is 8.42 Å². The van der Waals surface area contributed by atoms with Gasteiger partial charge in [-0.3, -0.25) is 4.72 Å². The fraction of sp³-hybridized carbons (Fsp3) is 0.286. The molecule has 1 heterocycles. The molecule has 4 nitrogen and oxygen atoms in total. The van der Waals surface area contributed by atoms with E-state index in [-0.39, 0.29) is 0 Å². The fourth-order valence-corrected chi connectivity index (χ4v) is 5.12. The van der Waals surface area contributed by atoms with Crippen molar-refractivity contribution in [3.63, 3.8) is 0 Å². The first-order valence-electron chi connectivity index (χ1n) is 6.35. The van der Waals surface area contributed by atoms with Crippen LogP contribution in [0.25, 0.3) is 0 Å². The zero-order chi connectivity index (χ0) is 15.6. The van der Waals surface area contributed by atoms with Gasteiger partial charge >= 0.3 is 0 Å². The standard InChI is InChI=1S/C14H16BrNO3S2/c1-4-19-11-5-6-12(9(2)7-11)16-21(17,18)13-8-10(3)14(15)20-13/h5-8,16H,4H2,1-3H3. The molecule has 114 valence electrons. The lowest BCUT2D eigenvalue weighted by molar-refractivity contribution is 0.340. The summed E-state index contributed by atoms with van der Waals surface area (Å²) in [6.07, 6.45) is 0. The van der Waals surface area contributed by atoms with Crippen molar-refractivity contribution in [3.8, 4) is 5.75 Å². The zero-order valence-corrected chi connectivity index (χ0v) is 15.2. The number of ether oxygens (including phenoxy) is 1. The van der Waals surface area contributed by atoms with Crippen molar-refractivity contribution in [1.82, 2.24) is 0 Å². The van der Waals surface area contributed by atoms with Gasteiger partial charge in [-0.1, -0.05) is 0 Å². The largest absolute Gasteiger partial charge is 0.494 e. The molecule has 0 radical (unpaired) electrons. The van der Waals surface area contributed by atoms with Crippen molar-refractivity contribution in [2.45, 2.75) is 25.0 Å². The number of sulfonamides is 1. The molecule has 1 aromatic carbocycles. The molecular weight excluding hydrogens is 374 g/mol. The first kappa shape index (κ1) is 16.3. The molecule has 2 rings (SSSR count). The predicted molar refractivity (Wildman–Crippen MR) is 89.9 cm³/mol. The van der Waals surface area contributed by atoms with E-state index in [0.717, 1.165) is 20.7 Å². The van der Waals surface area contributed by atoms with Crippen molar-refractivity contribution >= 4 is 43.0 Å². The average molecular weight is 390 g/mol. The second-order valence-electron chi connectivity index (χ2n) is 4.54. The van der Waals surface area contributed by atoms with Crippen molar-refractivity contribution in [3.05, 3.63) is 39.2 Å². The van der Waals surface area contributed by atoms with Gasteiger partial charge in [0.2, 0.25) is 0 Å². The molecule has 0 bridgehead atoms. The second kappa shape index (κ2) is 6.37. The third kappa shape index (κ3) is 3.78. The molecule has 21 heavy (non-hydrogen) atoms. The van der Waals surface area contributed by atoms with Gasteiger partial charge < -0.3 is 4.74 Å². The van der Waals surface area contributed by atoms with E-state index in [1.165, 1.54) is 11.3 Å². The van der Waals surface area contributed by atoms with Gasteiger partial charge in [-0.05, 0) is 72.1 Å². The van der Waals surface area contributed by atoms with Crippen molar-refractivity contribution in [2.24, 2.45) is 0 Å². The monoisotopic (exact) mass is 389 g/mol. The highest BCUT2D eigenvalue weighted by Gasteiger charge is 2.19. The maximum atomic E-state index is 12.4. The van der Waals surface area contributed by atoms with E-state index in [4.69, 9.17) is 4.74 Å². The number of thiophene rings is 1. The number of rotatable bonds is 5. The number of hydrogen-bond acceptors (Lipinski definition) is 4. The van der Waals surface area contributed by atoms with Gasteiger partial charge in [-0.2, -0.15) is 0 Å². The summed E-state index contributed by atoms with van der Waals surface area (Å²) >= 11 is 4.54. The molecule has 1 N–H and O–H groups in total. The van der Waals surface area contributed by atoms with Crippen LogP contribution < -0.4 is 9.46 Å². The summed E-state index contributed by atoms with van der Waals surface area (Å²) in [7, 11) is -3.56. The Kier molecular flexibility index (Phi) is 4.95. The Labute approximate surface area is 137 Å². The molecule has 0 saturated carbocycles. The summed E-state index contributed by atoms with van der Waals surface area (Å²) in [5.74, 6) is 0.729. The molecule has 2 aromatic rings. The Bertz CT molecular complexity index is 734. The van der Waals surface area contributed by atoms with Gasteiger partial charge in [0, 0.05) is 0 Å². The lowest BCUT2D eigenvalue weighted by Crippen LogP contribution is -2.12. The third-order valence-corrected chi connectivity index (χ3v) is 6.83. The molecule has 0 aliphatic heterocycles. The molecule has 0 atom stereocenters. The number of hydrogen-bond donors (Lipinski definition) is 1. The van der Waals surface area contributed by atoms with Gasteiger partial charge in [0.1, 0.15) is 9.96 Å². The number of aryl methyl sites for hydroxylation is 2. The van der Waals surface area contributed by atoms with Crippen LogP contribution in [-0.4, -0.2) is 15.0 Å². The summed E-state index contributed by atoms with van der Waals surface area (Å²) in [6, 6.07) is 6.94. The lowest BCUT2D eigenvalue weighted by atomic mass is 10.2. The Morgan fingerprint density at radius 1 is 1.24 bits per heavy atom. The van der Waals surface area contributed by atoms with Gasteiger partial charge in [0.25, 0.3) is 10.0 Å². The van der Waals surface area contributed by atoms with E-state index >= 15 is 0 Å². The minimum absolute atomic E-state index is 0.292. The van der Waals surface area contributed by atoms with Crippen LogP contribution >= 0.6 is 27.3 Å². The first-order chi connectivity index (χ1) is 9.83. The van der Waals surface area contributed by atoms with Crippen LogP contribution in [0.15, 0.2) is 32.3 Å². The quantitative estimate of drug-likeness (QED) is 0.827. The maximum absolute atomic E-state index is 12.4. The highest BCUT2D eigenvalue weighted by molar-refractivity contribution is 9.11. The van der Waals surface area contributed by atoms with Gasteiger partial charge in [-0.15, -0.1) is 11.3 Å². The number of nitrogens with one attached hydrogen (secondary N) is 1. The van der Waals surface area contributed by atoms with Crippen LogP contribution in [0.4, 0.5) is 5.69 Å². The number of anilines is 1.